The van der Waals surface area contributed by atoms with Crippen molar-refractivity contribution in [3.8, 4) is 5.88 Å². The molecular weight excluding hydrogens is 292 g/mol. The highest BCUT2D eigenvalue weighted by Gasteiger charge is 2.10. The molecule has 3 nitrogen and oxygen atoms in total. The number of rotatable bonds is 7. The van der Waals surface area contributed by atoms with Crippen molar-refractivity contribution >= 4 is 15.9 Å². The molecule has 1 N–H and O–H groups in total. The fraction of sp³-hybridized carbons (Fsp3) is 0.643. The topological polar surface area (TPSA) is 34.1 Å². The van der Waals surface area contributed by atoms with Crippen molar-refractivity contribution in [3.63, 3.8) is 0 Å². The summed E-state index contributed by atoms with van der Waals surface area (Å²) in [7, 11) is 0. The molecule has 18 heavy (non-hydrogen) atoms. The first-order valence-corrected chi connectivity index (χ1v) is 7.36. The number of hydrogen-bond donors (Lipinski definition) is 1. The average Bonchev–Trinajstić information content (AvgIpc) is 2.29. The smallest absolute Gasteiger partial charge is 0.218 e. The summed E-state index contributed by atoms with van der Waals surface area (Å²) in [6, 6.07) is 2.51. The first-order valence-electron chi connectivity index (χ1n) is 6.57. The van der Waals surface area contributed by atoms with Crippen molar-refractivity contribution in [1.29, 1.82) is 0 Å². The second-order valence-corrected chi connectivity index (χ2v) is 5.79. The zero-order valence-corrected chi connectivity index (χ0v) is 13.3. The van der Waals surface area contributed by atoms with Gasteiger partial charge in [-0.2, -0.15) is 0 Å². The Labute approximate surface area is 118 Å². The lowest BCUT2D eigenvalue weighted by atomic mass is 10.2. The van der Waals surface area contributed by atoms with Gasteiger partial charge in [0.25, 0.3) is 0 Å². The number of halogens is 1. The van der Waals surface area contributed by atoms with Crippen molar-refractivity contribution in [3.05, 3.63) is 22.3 Å². The van der Waals surface area contributed by atoms with E-state index in [1.165, 1.54) is 0 Å². The van der Waals surface area contributed by atoms with Crippen LogP contribution in [0.15, 0.2) is 16.7 Å². The summed E-state index contributed by atoms with van der Waals surface area (Å²) in [5.41, 5.74) is 1.10. The first-order chi connectivity index (χ1) is 8.52. The van der Waals surface area contributed by atoms with Gasteiger partial charge in [-0.25, -0.2) is 4.98 Å². The standard InChI is InChI=1S/C14H23BrN2O/c1-5-6-11(4)18-14-12(8-16-10(2)3)7-13(15)9-17-14/h7,9-11,16H,5-6,8H2,1-4H3. The van der Waals surface area contributed by atoms with Gasteiger partial charge in [0.05, 0.1) is 6.10 Å². The van der Waals surface area contributed by atoms with Crippen LogP contribution in [-0.4, -0.2) is 17.1 Å². The third-order valence-electron chi connectivity index (χ3n) is 2.60. The Morgan fingerprint density at radius 1 is 1.39 bits per heavy atom. The third kappa shape index (κ3) is 5.36. The predicted octanol–water partition coefficient (Wildman–Crippen LogP) is 3.91. The molecule has 0 aliphatic heterocycles. The van der Waals surface area contributed by atoms with Gasteiger partial charge in [0.2, 0.25) is 5.88 Å². The van der Waals surface area contributed by atoms with Crippen LogP contribution in [0.3, 0.4) is 0 Å². The Morgan fingerprint density at radius 3 is 2.72 bits per heavy atom. The van der Waals surface area contributed by atoms with Gasteiger partial charge < -0.3 is 10.1 Å². The van der Waals surface area contributed by atoms with Gasteiger partial charge >= 0.3 is 0 Å². The lowest BCUT2D eigenvalue weighted by Gasteiger charge is -2.17. The van der Waals surface area contributed by atoms with E-state index in [4.69, 9.17) is 4.74 Å². The minimum absolute atomic E-state index is 0.210. The van der Waals surface area contributed by atoms with Crippen LogP contribution < -0.4 is 10.1 Å². The SMILES string of the molecule is CCCC(C)Oc1ncc(Br)cc1CNC(C)C. The number of nitrogens with one attached hydrogen (secondary N) is 1. The number of nitrogens with zero attached hydrogens (tertiary/aromatic N) is 1. The molecule has 1 rings (SSSR count). The van der Waals surface area contributed by atoms with E-state index < -0.39 is 0 Å². The molecule has 1 aromatic heterocycles. The van der Waals surface area contributed by atoms with Gasteiger partial charge in [0.15, 0.2) is 0 Å². The second kappa shape index (κ2) is 7.74. The second-order valence-electron chi connectivity index (χ2n) is 4.87. The molecule has 1 unspecified atom stereocenters. The van der Waals surface area contributed by atoms with Gasteiger partial charge in [0, 0.05) is 28.8 Å². The highest BCUT2D eigenvalue weighted by atomic mass is 79.9. The molecule has 1 heterocycles. The molecule has 1 aromatic rings. The van der Waals surface area contributed by atoms with Crippen LogP contribution in [0.2, 0.25) is 0 Å². The summed E-state index contributed by atoms with van der Waals surface area (Å²) in [6.45, 7) is 9.29. The fourth-order valence-corrected chi connectivity index (χ4v) is 2.05. The molecule has 0 spiro atoms. The van der Waals surface area contributed by atoms with Gasteiger partial charge in [-0.15, -0.1) is 0 Å². The van der Waals surface area contributed by atoms with E-state index in [1.54, 1.807) is 6.20 Å². The number of pyridine rings is 1. The molecular formula is C14H23BrN2O. The third-order valence-corrected chi connectivity index (χ3v) is 3.03. The van der Waals surface area contributed by atoms with Crippen LogP contribution in [0.4, 0.5) is 0 Å². The van der Waals surface area contributed by atoms with E-state index in [2.05, 4.69) is 60.0 Å². The lowest BCUT2D eigenvalue weighted by molar-refractivity contribution is 0.198. The maximum absolute atomic E-state index is 5.90. The largest absolute Gasteiger partial charge is 0.474 e. The monoisotopic (exact) mass is 314 g/mol. The van der Waals surface area contributed by atoms with Crippen molar-refractivity contribution in [1.82, 2.24) is 10.3 Å². The number of ether oxygens (including phenoxy) is 1. The van der Waals surface area contributed by atoms with Crippen LogP contribution in [0.1, 0.15) is 46.1 Å². The Balaban J connectivity index is 2.75. The van der Waals surface area contributed by atoms with Crippen molar-refractivity contribution in [2.75, 3.05) is 0 Å². The molecule has 0 saturated heterocycles. The van der Waals surface area contributed by atoms with E-state index in [0.717, 1.165) is 35.3 Å². The molecule has 0 saturated carbocycles. The van der Waals surface area contributed by atoms with Gasteiger partial charge in [-0.1, -0.05) is 27.2 Å². The zero-order valence-electron chi connectivity index (χ0n) is 11.7. The molecule has 0 radical (unpaired) electrons. The Kier molecular flexibility index (Phi) is 6.65. The van der Waals surface area contributed by atoms with Crippen molar-refractivity contribution in [2.24, 2.45) is 0 Å². The molecule has 4 heteroatoms. The maximum atomic E-state index is 5.90. The summed E-state index contributed by atoms with van der Waals surface area (Å²) in [5, 5.41) is 3.39. The van der Waals surface area contributed by atoms with Gasteiger partial charge in [-0.3, -0.25) is 0 Å². The minimum atomic E-state index is 0.210. The number of hydrogen-bond acceptors (Lipinski definition) is 3. The van der Waals surface area contributed by atoms with E-state index in [-0.39, 0.29) is 6.10 Å². The Bertz CT molecular complexity index is 369. The van der Waals surface area contributed by atoms with E-state index in [1.807, 2.05) is 0 Å². The van der Waals surface area contributed by atoms with Crippen LogP contribution in [0.5, 0.6) is 5.88 Å². The minimum Gasteiger partial charge on any atom is -0.474 e. The Hall–Kier alpha value is -0.610. The summed E-state index contributed by atoms with van der Waals surface area (Å²) in [5.74, 6) is 0.743. The van der Waals surface area contributed by atoms with Gasteiger partial charge in [-0.05, 0) is 35.3 Å². The fourth-order valence-electron chi connectivity index (χ4n) is 1.67. The number of aromatic nitrogens is 1. The quantitative estimate of drug-likeness (QED) is 0.828. The molecule has 0 amide bonds. The van der Waals surface area contributed by atoms with Crippen LogP contribution >= 0.6 is 15.9 Å². The highest BCUT2D eigenvalue weighted by Crippen LogP contribution is 2.21. The van der Waals surface area contributed by atoms with Crippen LogP contribution in [0, 0.1) is 0 Å². The highest BCUT2D eigenvalue weighted by molar-refractivity contribution is 9.10. The maximum Gasteiger partial charge on any atom is 0.218 e. The molecule has 0 fully saturated rings. The van der Waals surface area contributed by atoms with Crippen molar-refractivity contribution < 1.29 is 4.74 Å². The molecule has 1 atom stereocenters. The molecule has 0 bridgehead atoms. The normalized spacial score (nSPS) is 12.8. The Morgan fingerprint density at radius 2 is 2.11 bits per heavy atom. The van der Waals surface area contributed by atoms with E-state index in [9.17, 15) is 0 Å². The summed E-state index contributed by atoms with van der Waals surface area (Å²) >= 11 is 3.45. The van der Waals surface area contributed by atoms with Gasteiger partial charge in [0.1, 0.15) is 0 Å². The zero-order chi connectivity index (χ0) is 13.5. The molecule has 0 aromatic carbocycles. The summed E-state index contributed by atoms with van der Waals surface area (Å²) in [4.78, 5) is 4.37. The van der Waals surface area contributed by atoms with E-state index in [0.29, 0.717) is 6.04 Å². The summed E-state index contributed by atoms with van der Waals surface area (Å²) in [6.07, 6.45) is 4.17. The predicted molar refractivity (Wildman–Crippen MR) is 78.9 cm³/mol. The van der Waals surface area contributed by atoms with Crippen LogP contribution in [0.25, 0.3) is 0 Å². The van der Waals surface area contributed by atoms with Crippen LogP contribution in [-0.2, 0) is 6.54 Å². The summed E-state index contributed by atoms with van der Waals surface area (Å²) < 4.78 is 6.89. The average molecular weight is 315 g/mol. The van der Waals surface area contributed by atoms with E-state index >= 15 is 0 Å². The molecule has 0 aliphatic carbocycles. The molecule has 102 valence electrons. The molecule has 0 aliphatic rings. The first kappa shape index (κ1) is 15.4. The van der Waals surface area contributed by atoms with Crippen molar-refractivity contribution in [2.45, 2.75) is 59.2 Å². The lowest BCUT2D eigenvalue weighted by Crippen LogP contribution is -2.23.